The molecule has 144 valence electrons. The van der Waals surface area contributed by atoms with E-state index in [4.69, 9.17) is 0 Å². The van der Waals surface area contributed by atoms with Crippen LogP contribution < -0.4 is 9.44 Å². The van der Waals surface area contributed by atoms with Gasteiger partial charge in [0.1, 0.15) is 0 Å². The summed E-state index contributed by atoms with van der Waals surface area (Å²) in [6.07, 6.45) is 10.2. The number of hydrogen-bond acceptors (Lipinski definition) is 3. The van der Waals surface area contributed by atoms with Crippen LogP contribution in [0, 0.1) is 5.41 Å². The molecular weight excluding hydrogens is 324 g/mol. The Balaban J connectivity index is 4.83. The monoisotopic (exact) mass is 362 g/mol. The van der Waals surface area contributed by atoms with E-state index in [1.165, 1.54) is 0 Å². The standard InChI is InChI=1S/C18H38N2O3S/c1-6-8-10-12-14-18(5,15-13-11-9-7-2)17(21)20-24(22,23)19-16(3)4/h16,19H,6-15H2,1-5H3,(H,20,21). The summed E-state index contributed by atoms with van der Waals surface area (Å²) in [6, 6.07) is -0.240. The summed E-state index contributed by atoms with van der Waals surface area (Å²) < 4.78 is 28.7. The molecule has 0 aliphatic carbocycles. The van der Waals surface area contributed by atoms with Crippen LogP contribution in [0.2, 0.25) is 0 Å². The van der Waals surface area contributed by atoms with Crippen LogP contribution >= 0.6 is 0 Å². The molecule has 0 bridgehead atoms. The Bertz CT molecular complexity index is 435. The molecule has 0 aromatic heterocycles. The molecule has 2 N–H and O–H groups in total. The van der Waals surface area contributed by atoms with E-state index in [0.29, 0.717) is 0 Å². The fourth-order valence-electron chi connectivity index (χ4n) is 2.82. The Kier molecular flexibility index (Phi) is 11.5. The van der Waals surface area contributed by atoms with Gasteiger partial charge in [0.25, 0.3) is 0 Å². The van der Waals surface area contributed by atoms with Crippen molar-refractivity contribution < 1.29 is 13.2 Å². The number of nitrogens with one attached hydrogen (secondary N) is 2. The van der Waals surface area contributed by atoms with Gasteiger partial charge >= 0.3 is 10.2 Å². The number of unbranched alkanes of at least 4 members (excludes halogenated alkanes) is 6. The highest BCUT2D eigenvalue weighted by molar-refractivity contribution is 7.88. The average Bonchev–Trinajstić information content (AvgIpc) is 2.46. The first-order chi connectivity index (χ1) is 11.2. The Morgan fingerprint density at radius 3 is 1.75 bits per heavy atom. The van der Waals surface area contributed by atoms with Crippen LogP contribution in [0.3, 0.4) is 0 Å². The van der Waals surface area contributed by atoms with E-state index < -0.39 is 15.6 Å². The van der Waals surface area contributed by atoms with Crippen LogP contribution in [0.4, 0.5) is 0 Å². The van der Waals surface area contributed by atoms with Crippen LogP contribution in [0.1, 0.15) is 98.8 Å². The van der Waals surface area contributed by atoms with Gasteiger partial charge in [-0.3, -0.25) is 4.79 Å². The minimum Gasteiger partial charge on any atom is -0.273 e. The van der Waals surface area contributed by atoms with Crippen LogP contribution in [0.25, 0.3) is 0 Å². The molecular formula is C18H38N2O3S. The van der Waals surface area contributed by atoms with E-state index in [9.17, 15) is 13.2 Å². The molecule has 0 aromatic carbocycles. The van der Waals surface area contributed by atoms with Crippen molar-refractivity contribution in [1.82, 2.24) is 9.44 Å². The predicted octanol–water partition coefficient (Wildman–Crippen LogP) is 4.29. The maximum absolute atomic E-state index is 12.7. The van der Waals surface area contributed by atoms with Crippen LogP contribution in [0.5, 0.6) is 0 Å². The summed E-state index contributed by atoms with van der Waals surface area (Å²) in [5.74, 6) is -0.372. The van der Waals surface area contributed by atoms with Crippen molar-refractivity contribution in [3.8, 4) is 0 Å². The second kappa shape index (κ2) is 11.9. The Hall–Kier alpha value is -0.620. The molecule has 0 heterocycles. The molecule has 0 fully saturated rings. The van der Waals surface area contributed by atoms with Crippen molar-refractivity contribution in [2.24, 2.45) is 5.41 Å². The fraction of sp³-hybridized carbons (Fsp3) is 0.944. The summed E-state index contributed by atoms with van der Waals surface area (Å²) in [4.78, 5) is 12.7. The van der Waals surface area contributed by atoms with Gasteiger partial charge in [-0.2, -0.15) is 13.1 Å². The lowest BCUT2D eigenvalue weighted by atomic mass is 9.79. The maximum atomic E-state index is 12.7. The van der Waals surface area contributed by atoms with Crippen molar-refractivity contribution >= 4 is 16.1 Å². The summed E-state index contributed by atoms with van der Waals surface area (Å²) in [7, 11) is -3.78. The van der Waals surface area contributed by atoms with Gasteiger partial charge in [-0.1, -0.05) is 72.1 Å². The highest BCUT2D eigenvalue weighted by Crippen LogP contribution is 2.32. The smallest absolute Gasteiger partial charge is 0.273 e. The first kappa shape index (κ1) is 23.4. The molecule has 0 saturated heterocycles. The zero-order valence-corrected chi connectivity index (χ0v) is 17.1. The molecule has 0 atom stereocenters. The maximum Gasteiger partial charge on any atom is 0.301 e. The Labute approximate surface area is 149 Å². The summed E-state index contributed by atoms with van der Waals surface area (Å²) in [6.45, 7) is 9.68. The fourth-order valence-corrected chi connectivity index (χ4v) is 3.99. The van der Waals surface area contributed by atoms with Crippen molar-refractivity contribution in [3.05, 3.63) is 0 Å². The zero-order chi connectivity index (χ0) is 18.6. The number of carbonyl (C=O) groups is 1. The van der Waals surface area contributed by atoms with E-state index in [1.807, 2.05) is 6.92 Å². The van der Waals surface area contributed by atoms with E-state index in [0.717, 1.165) is 64.2 Å². The molecule has 6 heteroatoms. The predicted molar refractivity (Wildman–Crippen MR) is 101 cm³/mol. The molecule has 0 spiro atoms. The Morgan fingerprint density at radius 2 is 1.38 bits per heavy atom. The minimum absolute atomic E-state index is 0.240. The van der Waals surface area contributed by atoms with Gasteiger partial charge in [0.05, 0.1) is 0 Å². The molecule has 0 aliphatic rings. The zero-order valence-electron chi connectivity index (χ0n) is 16.3. The minimum atomic E-state index is -3.78. The second-order valence-corrected chi connectivity index (χ2v) is 8.84. The number of rotatable bonds is 14. The van der Waals surface area contributed by atoms with Crippen LogP contribution in [-0.2, 0) is 15.0 Å². The molecule has 0 aromatic rings. The lowest BCUT2D eigenvalue weighted by Gasteiger charge is -2.28. The highest BCUT2D eigenvalue weighted by Gasteiger charge is 2.34. The van der Waals surface area contributed by atoms with Crippen molar-refractivity contribution in [2.45, 2.75) is 105 Å². The lowest BCUT2D eigenvalue weighted by molar-refractivity contribution is -0.129. The number of carbonyl (C=O) groups excluding carboxylic acids is 1. The molecule has 0 unspecified atom stereocenters. The lowest BCUT2D eigenvalue weighted by Crippen LogP contribution is -2.48. The van der Waals surface area contributed by atoms with Crippen molar-refractivity contribution in [3.63, 3.8) is 0 Å². The largest absolute Gasteiger partial charge is 0.301 e. The van der Waals surface area contributed by atoms with Crippen molar-refractivity contribution in [1.29, 1.82) is 0 Å². The molecule has 0 aliphatic heterocycles. The van der Waals surface area contributed by atoms with Gasteiger partial charge in [-0.15, -0.1) is 0 Å². The van der Waals surface area contributed by atoms with Gasteiger partial charge in [0.15, 0.2) is 0 Å². The third kappa shape index (κ3) is 10.3. The topological polar surface area (TPSA) is 75.3 Å². The third-order valence-corrected chi connectivity index (χ3v) is 5.57. The normalized spacial score (nSPS) is 12.6. The first-order valence-corrected chi connectivity index (χ1v) is 11.0. The SMILES string of the molecule is CCCCCCC(C)(CCCCCC)C(=O)NS(=O)(=O)NC(C)C. The number of hydrogen-bond donors (Lipinski definition) is 2. The van der Waals surface area contributed by atoms with Gasteiger partial charge in [0, 0.05) is 11.5 Å². The highest BCUT2D eigenvalue weighted by atomic mass is 32.2. The van der Waals surface area contributed by atoms with E-state index in [-0.39, 0.29) is 11.9 Å². The number of amides is 1. The summed E-state index contributed by atoms with van der Waals surface area (Å²) in [5.41, 5.74) is -0.618. The van der Waals surface area contributed by atoms with Crippen molar-refractivity contribution in [2.75, 3.05) is 0 Å². The second-order valence-electron chi connectivity index (χ2n) is 7.39. The molecule has 0 saturated carbocycles. The summed E-state index contributed by atoms with van der Waals surface area (Å²) >= 11 is 0. The van der Waals surface area contributed by atoms with E-state index in [1.54, 1.807) is 13.8 Å². The molecule has 0 rings (SSSR count). The molecule has 0 radical (unpaired) electrons. The molecule has 5 nitrogen and oxygen atoms in total. The van der Waals surface area contributed by atoms with Gasteiger partial charge < -0.3 is 0 Å². The van der Waals surface area contributed by atoms with E-state index in [2.05, 4.69) is 23.3 Å². The molecule has 1 amide bonds. The molecule has 24 heavy (non-hydrogen) atoms. The average molecular weight is 363 g/mol. The third-order valence-electron chi connectivity index (χ3n) is 4.33. The van der Waals surface area contributed by atoms with Crippen LogP contribution in [-0.4, -0.2) is 20.4 Å². The van der Waals surface area contributed by atoms with Gasteiger partial charge in [-0.25, -0.2) is 4.72 Å². The summed E-state index contributed by atoms with van der Waals surface area (Å²) in [5, 5.41) is 0. The first-order valence-electron chi connectivity index (χ1n) is 9.51. The van der Waals surface area contributed by atoms with Gasteiger partial charge in [0.2, 0.25) is 5.91 Å². The van der Waals surface area contributed by atoms with Crippen LogP contribution in [0.15, 0.2) is 0 Å². The Morgan fingerprint density at radius 1 is 0.917 bits per heavy atom. The van der Waals surface area contributed by atoms with Gasteiger partial charge in [-0.05, 0) is 26.7 Å². The van der Waals surface area contributed by atoms with E-state index >= 15 is 0 Å². The quantitative estimate of drug-likeness (QED) is 0.453.